The number of nitrogens with one attached hydrogen (secondary N) is 1. The van der Waals surface area contributed by atoms with E-state index < -0.39 is 6.41 Å². The second-order valence-corrected chi connectivity index (χ2v) is 1.70. The molecule has 0 aliphatic carbocycles. The lowest BCUT2D eigenvalue weighted by atomic mass is 10.4. The lowest BCUT2D eigenvalue weighted by molar-refractivity contribution is -0.0708. The molecule has 0 aliphatic rings. The molecule has 3 heteroatoms. The zero-order chi connectivity index (χ0) is 5.86. The van der Waals surface area contributed by atoms with E-state index in [1.807, 2.05) is 13.8 Å². The van der Waals surface area contributed by atoms with Crippen LogP contribution < -0.4 is 5.32 Å². The number of hydrogen-bond donors (Lipinski definition) is 3. The first-order chi connectivity index (χ1) is 3.13. The van der Waals surface area contributed by atoms with Crippen molar-refractivity contribution >= 4 is 0 Å². The summed E-state index contributed by atoms with van der Waals surface area (Å²) in [4.78, 5) is 0. The van der Waals surface area contributed by atoms with E-state index in [0.29, 0.717) is 0 Å². The SMILES string of the molecule is CC(C)NC(O)O. The van der Waals surface area contributed by atoms with Gasteiger partial charge < -0.3 is 10.2 Å². The maximum Gasteiger partial charge on any atom is 0.211 e. The molecule has 0 unspecified atom stereocenters. The Kier molecular flexibility index (Phi) is 2.91. The molecule has 0 saturated heterocycles. The molecule has 0 aliphatic heterocycles. The Labute approximate surface area is 43.0 Å². The molecule has 0 aromatic rings. The van der Waals surface area contributed by atoms with E-state index >= 15 is 0 Å². The summed E-state index contributed by atoms with van der Waals surface area (Å²) >= 11 is 0. The smallest absolute Gasteiger partial charge is 0.211 e. The highest BCUT2D eigenvalue weighted by Crippen LogP contribution is 1.75. The monoisotopic (exact) mass is 105 g/mol. The fourth-order valence-electron chi connectivity index (χ4n) is 0.298. The largest absolute Gasteiger partial charge is 0.356 e. The first kappa shape index (κ1) is 6.88. The van der Waals surface area contributed by atoms with Crippen molar-refractivity contribution in [3.8, 4) is 0 Å². The predicted molar refractivity (Wildman–Crippen MR) is 26.5 cm³/mol. The summed E-state index contributed by atoms with van der Waals surface area (Å²) in [6, 6.07) is 0.125. The lowest BCUT2D eigenvalue weighted by Crippen LogP contribution is -2.33. The molecule has 0 aromatic carbocycles. The number of hydrogen-bond acceptors (Lipinski definition) is 3. The average molecular weight is 105 g/mol. The Morgan fingerprint density at radius 1 is 1.29 bits per heavy atom. The van der Waals surface area contributed by atoms with Gasteiger partial charge in [-0.3, -0.25) is 5.32 Å². The molecular weight excluding hydrogens is 94.0 g/mol. The molecule has 3 N–H and O–H groups in total. The molecule has 0 aromatic heterocycles. The van der Waals surface area contributed by atoms with E-state index in [1.54, 1.807) is 0 Å². The second kappa shape index (κ2) is 2.96. The van der Waals surface area contributed by atoms with Crippen LogP contribution in [-0.2, 0) is 0 Å². The Balaban J connectivity index is 2.95. The molecule has 0 spiro atoms. The van der Waals surface area contributed by atoms with Crippen LogP contribution in [0.15, 0.2) is 0 Å². The van der Waals surface area contributed by atoms with Crippen LogP contribution in [0.3, 0.4) is 0 Å². The van der Waals surface area contributed by atoms with Gasteiger partial charge in [-0.05, 0) is 13.8 Å². The fraction of sp³-hybridized carbons (Fsp3) is 1.00. The molecule has 44 valence electrons. The van der Waals surface area contributed by atoms with E-state index in [0.717, 1.165) is 0 Å². The third-order valence-electron chi connectivity index (χ3n) is 0.482. The van der Waals surface area contributed by atoms with Gasteiger partial charge in [-0.25, -0.2) is 0 Å². The molecule has 0 heterocycles. The van der Waals surface area contributed by atoms with Crippen molar-refractivity contribution in [3.63, 3.8) is 0 Å². The van der Waals surface area contributed by atoms with Gasteiger partial charge in [0.25, 0.3) is 0 Å². The highest BCUT2D eigenvalue weighted by Gasteiger charge is 1.95. The van der Waals surface area contributed by atoms with Crippen LogP contribution in [0.5, 0.6) is 0 Å². The summed E-state index contributed by atoms with van der Waals surface area (Å²) < 4.78 is 0. The minimum Gasteiger partial charge on any atom is -0.356 e. The van der Waals surface area contributed by atoms with E-state index in [1.165, 1.54) is 0 Å². The highest BCUT2D eigenvalue weighted by atomic mass is 16.5. The maximum atomic E-state index is 8.17. The van der Waals surface area contributed by atoms with Gasteiger partial charge >= 0.3 is 0 Å². The summed E-state index contributed by atoms with van der Waals surface area (Å²) in [6.07, 6.45) is -1.38. The van der Waals surface area contributed by atoms with Crippen molar-refractivity contribution < 1.29 is 10.2 Å². The molecule has 3 nitrogen and oxygen atoms in total. The number of aliphatic hydroxyl groups excluding tert-OH is 1. The first-order valence-corrected chi connectivity index (χ1v) is 2.25. The fourth-order valence-corrected chi connectivity index (χ4v) is 0.298. The van der Waals surface area contributed by atoms with Gasteiger partial charge in [0, 0.05) is 6.04 Å². The number of aliphatic hydroxyl groups is 2. The van der Waals surface area contributed by atoms with E-state index in [-0.39, 0.29) is 6.04 Å². The zero-order valence-electron chi connectivity index (χ0n) is 4.55. The first-order valence-electron chi connectivity index (χ1n) is 2.25. The summed E-state index contributed by atoms with van der Waals surface area (Å²) in [7, 11) is 0. The van der Waals surface area contributed by atoms with Crippen molar-refractivity contribution in [3.05, 3.63) is 0 Å². The summed E-state index contributed by atoms with van der Waals surface area (Å²) in [5, 5.41) is 18.8. The highest BCUT2D eigenvalue weighted by molar-refractivity contribution is 4.46. The number of rotatable bonds is 2. The van der Waals surface area contributed by atoms with Crippen molar-refractivity contribution in [1.82, 2.24) is 5.32 Å². The Bertz CT molecular complexity index is 39.0. The van der Waals surface area contributed by atoms with Gasteiger partial charge in [-0.2, -0.15) is 0 Å². The van der Waals surface area contributed by atoms with Gasteiger partial charge in [-0.1, -0.05) is 0 Å². The summed E-state index contributed by atoms with van der Waals surface area (Å²) in [5.74, 6) is 0. The van der Waals surface area contributed by atoms with Crippen LogP contribution in [0.4, 0.5) is 0 Å². The summed E-state index contributed by atoms with van der Waals surface area (Å²) in [5.41, 5.74) is 0. The molecule has 0 saturated carbocycles. The van der Waals surface area contributed by atoms with E-state index in [9.17, 15) is 0 Å². The predicted octanol–water partition coefficient (Wildman–Crippen LogP) is -0.747. The van der Waals surface area contributed by atoms with Crippen molar-refractivity contribution in [2.45, 2.75) is 26.3 Å². The van der Waals surface area contributed by atoms with Crippen molar-refractivity contribution in [1.29, 1.82) is 0 Å². The van der Waals surface area contributed by atoms with E-state index in [4.69, 9.17) is 10.2 Å². The van der Waals surface area contributed by atoms with E-state index in [2.05, 4.69) is 5.32 Å². The molecular formula is C4H11NO2. The topological polar surface area (TPSA) is 52.5 Å². The average Bonchev–Trinajstić information content (AvgIpc) is 1.27. The molecule has 7 heavy (non-hydrogen) atoms. The molecule has 0 rings (SSSR count). The van der Waals surface area contributed by atoms with Gasteiger partial charge in [0.15, 0.2) is 0 Å². The standard InChI is InChI=1S/C4H11NO2/c1-3(2)5-4(6)7/h3-7H,1-2H3. The van der Waals surface area contributed by atoms with Crippen molar-refractivity contribution in [2.75, 3.05) is 0 Å². The third kappa shape index (κ3) is 5.88. The Morgan fingerprint density at radius 3 is 1.71 bits per heavy atom. The van der Waals surface area contributed by atoms with Gasteiger partial charge in [-0.15, -0.1) is 0 Å². The van der Waals surface area contributed by atoms with Crippen LogP contribution >= 0.6 is 0 Å². The molecule has 0 fully saturated rings. The van der Waals surface area contributed by atoms with Crippen LogP contribution in [-0.4, -0.2) is 22.7 Å². The van der Waals surface area contributed by atoms with Gasteiger partial charge in [0.05, 0.1) is 0 Å². The second-order valence-electron chi connectivity index (χ2n) is 1.70. The molecule has 0 radical (unpaired) electrons. The molecule has 0 atom stereocenters. The minimum absolute atomic E-state index is 0.125. The van der Waals surface area contributed by atoms with Crippen LogP contribution in [0.25, 0.3) is 0 Å². The third-order valence-corrected chi connectivity index (χ3v) is 0.482. The minimum atomic E-state index is -1.38. The van der Waals surface area contributed by atoms with Crippen LogP contribution in [0.2, 0.25) is 0 Å². The Morgan fingerprint density at radius 2 is 1.71 bits per heavy atom. The lowest BCUT2D eigenvalue weighted by Gasteiger charge is -2.07. The van der Waals surface area contributed by atoms with Crippen molar-refractivity contribution in [2.24, 2.45) is 0 Å². The van der Waals surface area contributed by atoms with Crippen LogP contribution in [0.1, 0.15) is 13.8 Å². The Hall–Kier alpha value is -0.120. The van der Waals surface area contributed by atoms with Gasteiger partial charge in [0.2, 0.25) is 6.41 Å². The van der Waals surface area contributed by atoms with Crippen LogP contribution in [0, 0.1) is 0 Å². The molecule has 0 amide bonds. The quantitative estimate of drug-likeness (QED) is 0.405. The molecule has 0 bridgehead atoms. The zero-order valence-corrected chi connectivity index (χ0v) is 4.55. The normalized spacial score (nSPS) is 11.1. The van der Waals surface area contributed by atoms with Gasteiger partial charge in [0.1, 0.15) is 0 Å². The maximum absolute atomic E-state index is 8.17. The summed E-state index contributed by atoms with van der Waals surface area (Å²) in [6.45, 7) is 3.67.